The smallest absolute Gasteiger partial charge is 0.308 e. The summed E-state index contributed by atoms with van der Waals surface area (Å²) < 4.78 is 0. The predicted molar refractivity (Wildman–Crippen MR) is 82.7 cm³/mol. The zero-order valence-electron chi connectivity index (χ0n) is 12.8. The molecule has 1 fully saturated rings. The van der Waals surface area contributed by atoms with Crippen LogP contribution in [0.2, 0.25) is 0 Å². The number of carboxylic acids is 1. The molecule has 0 aliphatic carbocycles. The highest BCUT2D eigenvalue weighted by atomic mass is 16.4. The zero-order chi connectivity index (χ0) is 16.4. The number of nitrogens with zero attached hydrogens (tertiary/aromatic N) is 3. The highest BCUT2D eigenvalue weighted by molar-refractivity contribution is 5.95. The van der Waals surface area contributed by atoms with Crippen molar-refractivity contribution in [3.63, 3.8) is 0 Å². The van der Waals surface area contributed by atoms with E-state index in [-0.39, 0.29) is 18.5 Å². The summed E-state index contributed by atoms with van der Waals surface area (Å²) in [5.74, 6) is -0.891. The van der Waals surface area contributed by atoms with Crippen LogP contribution in [0, 0.1) is 5.92 Å². The third-order valence-corrected chi connectivity index (χ3v) is 4.29. The fourth-order valence-electron chi connectivity index (χ4n) is 2.90. The molecule has 120 valence electrons. The molecule has 1 aromatic heterocycles. The summed E-state index contributed by atoms with van der Waals surface area (Å²) in [5.41, 5.74) is 1.30. The quantitative estimate of drug-likeness (QED) is 0.900. The molecule has 0 radical (unpaired) electrons. The first-order valence-corrected chi connectivity index (χ1v) is 7.56. The summed E-state index contributed by atoms with van der Waals surface area (Å²) in [6, 6.07) is 7.15. The van der Waals surface area contributed by atoms with Crippen molar-refractivity contribution in [3.05, 3.63) is 36.2 Å². The molecule has 0 bridgehead atoms. The molecule has 2 N–H and O–H groups in total. The minimum Gasteiger partial charge on any atom is -0.481 e. The van der Waals surface area contributed by atoms with E-state index < -0.39 is 11.9 Å². The van der Waals surface area contributed by atoms with Gasteiger partial charge in [0, 0.05) is 23.7 Å². The number of carbonyl (C=O) groups excluding carboxylic acids is 1. The molecule has 1 saturated heterocycles. The number of hydrogen-bond acceptors (Lipinski definition) is 4. The van der Waals surface area contributed by atoms with E-state index in [1.807, 2.05) is 13.0 Å². The second-order valence-corrected chi connectivity index (χ2v) is 5.83. The second kappa shape index (κ2) is 6.20. The molecule has 2 aromatic rings. The highest BCUT2D eigenvalue weighted by Gasteiger charge is 2.33. The maximum Gasteiger partial charge on any atom is 0.308 e. The Kier molecular flexibility index (Phi) is 4.10. The fourth-order valence-corrected chi connectivity index (χ4v) is 2.90. The van der Waals surface area contributed by atoms with Crippen molar-refractivity contribution in [2.24, 2.45) is 5.92 Å². The molecule has 7 nitrogen and oxygen atoms in total. The monoisotopic (exact) mass is 314 g/mol. The molecular formula is C16H18N4O3. The van der Waals surface area contributed by atoms with Gasteiger partial charge in [0.05, 0.1) is 5.92 Å². The Morgan fingerprint density at radius 3 is 2.87 bits per heavy atom. The number of aromatic nitrogens is 3. The van der Waals surface area contributed by atoms with E-state index in [2.05, 4.69) is 15.2 Å². The number of aromatic amines is 1. The standard InChI is InChI=1S/C16H18N4O3/c1-10-5-6-13(16(22)23)8-20(10)15(21)12-4-2-3-11(7-12)14-17-9-18-19-14/h2-4,7,9-10,13H,5-6,8H2,1H3,(H,22,23)(H,17,18,19). The van der Waals surface area contributed by atoms with Gasteiger partial charge in [0.2, 0.25) is 0 Å². The average molecular weight is 314 g/mol. The number of benzene rings is 1. The average Bonchev–Trinajstić information content (AvgIpc) is 3.09. The first kappa shape index (κ1) is 15.2. The number of carboxylic acid groups (broad SMARTS) is 1. The summed E-state index contributed by atoms with van der Waals surface area (Å²) in [4.78, 5) is 29.7. The number of likely N-dealkylation sites (tertiary alicyclic amines) is 1. The van der Waals surface area contributed by atoms with Gasteiger partial charge >= 0.3 is 5.97 Å². The van der Waals surface area contributed by atoms with Crippen molar-refractivity contribution in [1.29, 1.82) is 0 Å². The molecule has 2 unspecified atom stereocenters. The molecule has 2 heterocycles. The van der Waals surface area contributed by atoms with Crippen LogP contribution in [0.25, 0.3) is 11.4 Å². The number of amides is 1. The van der Waals surface area contributed by atoms with Crippen LogP contribution in [-0.2, 0) is 4.79 Å². The maximum absolute atomic E-state index is 12.8. The van der Waals surface area contributed by atoms with Gasteiger partial charge < -0.3 is 10.0 Å². The van der Waals surface area contributed by atoms with Crippen molar-refractivity contribution in [3.8, 4) is 11.4 Å². The summed E-state index contributed by atoms with van der Waals surface area (Å²) in [7, 11) is 0. The van der Waals surface area contributed by atoms with Gasteiger partial charge in [-0.2, -0.15) is 5.10 Å². The lowest BCUT2D eigenvalue weighted by molar-refractivity contribution is -0.143. The Morgan fingerprint density at radius 2 is 2.17 bits per heavy atom. The lowest BCUT2D eigenvalue weighted by atomic mass is 9.93. The SMILES string of the molecule is CC1CCC(C(=O)O)CN1C(=O)c1cccc(-c2ncn[nH]2)c1. The number of nitrogens with one attached hydrogen (secondary N) is 1. The van der Waals surface area contributed by atoms with E-state index in [1.54, 1.807) is 23.1 Å². The summed E-state index contributed by atoms with van der Waals surface area (Å²) in [6.07, 6.45) is 2.72. The van der Waals surface area contributed by atoms with Gasteiger partial charge in [0.25, 0.3) is 5.91 Å². The van der Waals surface area contributed by atoms with Crippen LogP contribution < -0.4 is 0 Å². The molecular weight excluding hydrogens is 296 g/mol. The largest absolute Gasteiger partial charge is 0.481 e. The number of piperidine rings is 1. The van der Waals surface area contributed by atoms with E-state index in [9.17, 15) is 14.7 Å². The summed E-state index contributed by atoms with van der Waals surface area (Å²) in [5, 5.41) is 15.8. The van der Waals surface area contributed by atoms with Crippen LogP contribution in [0.1, 0.15) is 30.1 Å². The minimum atomic E-state index is -0.842. The lowest BCUT2D eigenvalue weighted by Gasteiger charge is -2.36. The molecule has 3 rings (SSSR count). The molecule has 1 amide bonds. The third kappa shape index (κ3) is 3.08. The molecule has 1 aliphatic heterocycles. The van der Waals surface area contributed by atoms with Crippen LogP contribution >= 0.6 is 0 Å². The number of aliphatic carboxylic acids is 1. The minimum absolute atomic E-state index is 0.0343. The topological polar surface area (TPSA) is 99.2 Å². The van der Waals surface area contributed by atoms with Gasteiger partial charge in [-0.05, 0) is 31.9 Å². The Bertz CT molecular complexity index is 714. The van der Waals surface area contributed by atoms with E-state index in [4.69, 9.17) is 0 Å². The fraction of sp³-hybridized carbons (Fsp3) is 0.375. The van der Waals surface area contributed by atoms with Gasteiger partial charge in [0.15, 0.2) is 5.82 Å². The summed E-state index contributed by atoms with van der Waals surface area (Å²) >= 11 is 0. The van der Waals surface area contributed by atoms with E-state index in [0.29, 0.717) is 24.2 Å². The van der Waals surface area contributed by atoms with E-state index >= 15 is 0 Å². The number of H-pyrrole nitrogens is 1. The Hall–Kier alpha value is -2.70. The van der Waals surface area contributed by atoms with Crippen molar-refractivity contribution >= 4 is 11.9 Å². The normalized spacial score (nSPS) is 21.2. The second-order valence-electron chi connectivity index (χ2n) is 5.83. The van der Waals surface area contributed by atoms with Crippen LogP contribution in [0.15, 0.2) is 30.6 Å². The van der Waals surface area contributed by atoms with Gasteiger partial charge in [-0.15, -0.1) is 0 Å². The highest BCUT2D eigenvalue weighted by Crippen LogP contribution is 2.25. The first-order valence-electron chi connectivity index (χ1n) is 7.56. The van der Waals surface area contributed by atoms with E-state index in [1.165, 1.54) is 6.33 Å². The molecule has 1 aromatic carbocycles. The lowest BCUT2D eigenvalue weighted by Crippen LogP contribution is -2.47. The van der Waals surface area contributed by atoms with Crippen molar-refractivity contribution in [2.75, 3.05) is 6.54 Å². The van der Waals surface area contributed by atoms with Gasteiger partial charge in [-0.3, -0.25) is 14.7 Å². The van der Waals surface area contributed by atoms with Crippen LogP contribution in [-0.4, -0.2) is 49.7 Å². The van der Waals surface area contributed by atoms with Crippen LogP contribution in [0.4, 0.5) is 0 Å². The number of hydrogen-bond donors (Lipinski definition) is 2. The molecule has 0 saturated carbocycles. The summed E-state index contributed by atoms with van der Waals surface area (Å²) in [6.45, 7) is 2.21. The van der Waals surface area contributed by atoms with Crippen molar-refractivity contribution in [2.45, 2.75) is 25.8 Å². The van der Waals surface area contributed by atoms with Crippen molar-refractivity contribution < 1.29 is 14.7 Å². The van der Waals surface area contributed by atoms with Gasteiger partial charge in [-0.1, -0.05) is 12.1 Å². The predicted octanol–water partition coefficient (Wildman–Crippen LogP) is 1.80. The molecule has 2 atom stereocenters. The molecule has 7 heteroatoms. The Morgan fingerprint density at radius 1 is 1.35 bits per heavy atom. The van der Waals surface area contributed by atoms with Gasteiger partial charge in [0.1, 0.15) is 6.33 Å². The molecule has 0 spiro atoms. The van der Waals surface area contributed by atoms with E-state index in [0.717, 1.165) is 5.56 Å². The zero-order valence-corrected chi connectivity index (χ0v) is 12.8. The van der Waals surface area contributed by atoms with Crippen LogP contribution in [0.5, 0.6) is 0 Å². The molecule has 1 aliphatic rings. The number of rotatable bonds is 3. The number of carbonyl (C=O) groups is 2. The Balaban J connectivity index is 1.84. The Labute approximate surface area is 133 Å². The van der Waals surface area contributed by atoms with Crippen molar-refractivity contribution in [1.82, 2.24) is 20.1 Å². The molecule has 23 heavy (non-hydrogen) atoms. The first-order chi connectivity index (χ1) is 11.1. The van der Waals surface area contributed by atoms with Crippen LogP contribution in [0.3, 0.4) is 0 Å². The maximum atomic E-state index is 12.8. The van der Waals surface area contributed by atoms with Gasteiger partial charge in [-0.25, -0.2) is 4.98 Å². The third-order valence-electron chi connectivity index (χ3n) is 4.29.